The first-order chi connectivity index (χ1) is 5.27. The van der Waals surface area contributed by atoms with Crippen molar-refractivity contribution in [3.8, 4) is 0 Å². The summed E-state index contributed by atoms with van der Waals surface area (Å²) in [5, 5.41) is 3.33. The second kappa shape index (κ2) is 8.15. The molecule has 66 valence electrons. The highest BCUT2D eigenvalue weighted by atomic mass is 32.2. The Hall–Kier alpha value is 0.0500. The van der Waals surface area contributed by atoms with E-state index in [1.165, 1.54) is 24.2 Å². The van der Waals surface area contributed by atoms with Crippen LogP contribution < -0.4 is 5.32 Å². The van der Waals surface area contributed by atoms with E-state index in [0.29, 0.717) is 0 Å². The number of hydrogen-bond donors (Lipinski definition) is 1. The molecule has 0 amide bonds. The van der Waals surface area contributed by atoms with Crippen LogP contribution in [0.3, 0.4) is 0 Å². The molecule has 1 nitrogen and oxygen atoms in total. The van der Waals surface area contributed by atoms with Crippen LogP contribution >= 0.6 is 11.8 Å². The van der Waals surface area contributed by atoms with Crippen LogP contribution in [-0.2, 0) is 0 Å². The van der Waals surface area contributed by atoms with E-state index in [-0.39, 0.29) is 0 Å². The lowest BCUT2D eigenvalue weighted by atomic mass is 10.3. The van der Waals surface area contributed by atoms with Crippen LogP contribution in [0, 0.1) is 0 Å². The van der Waals surface area contributed by atoms with Gasteiger partial charge in [-0.25, -0.2) is 0 Å². The van der Waals surface area contributed by atoms with Gasteiger partial charge in [0, 0.05) is 6.54 Å². The number of nitrogens with one attached hydrogen (secondary N) is 1. The fourth-order valence-electron chi connectivity index (χ4n) is 0.798. The monoisotopic (exact) mass is 173 g/mol. The van der Waals surface area contributed by atoms with Gasteiger partial charge < -0.3 is 5.32 Å². The molecule has 11 heavy (non-hydrogen) atoms. The SMILES string of the molecule is C=C(C)CNCCCCSC. The lowest BCUT2D eigenvalue weighted by Crippen LogP contribution is -2.17. The van der Waals surface area contributed by atoms with Crippen LogP contribution in [0.4, 0.5) is 0 Å². The zero-order valence-electron chi connectivity index (χ0n) is 7.65. The lowest BCUT2D eigenvalue weighted by Gasteiger charge is -2.02. The van der Waals surface area contributed by atoms with Crippen molar-refractivity contribution < 1.29 is 0 Å². The van der Waals surface area contributed by atoms with Gasteiger partial charge in [0.15, 0.2) is 0 Å². The van der Waals surface area contributed by atoms with Crippen molar-refractivity contribution in [3.05, 3.63) is 12.2 Å². The minimum atomic E-state index is 0.971. The number of unbranched alkanes of at least 4 members (excludes halogenated alkanes) is 1. The van der Waals surface area contributed by atoms with Crippen molar-refractivity contribution in [2.24, 2.45) is 0 Å². The van der Waals surface area contributed by atoms with Crippen molar-refractivity contribution in [1.29, 1.82) is 0 Å². The summed E-state index contributed by atoms with van der Waals surface area (Å²) >= 11 is 1.92. The third-order valence-electron chi connectivity index (χ3n) is 1.38. The Bertz CT molecular complexity index is 102. The molecule has 0 aliphatic rings. The second-order valence-electron chi connectivity index (χ2n) is 2.83. The van der Waals surface area contributed by atoms with E-state index in [1.807, 2.05) is 11.8 Å². The van der Waals surface area contributed by atoms with Gasteiger partial charge in [-0.2, -0.15) is 11.8 Å². The van der Waals surface area contributed by atoms with E-state index in [0.717, 1.165) is 13.1 Å². The Kier molecular flexibility index (Phi) is 8.19. The van der Waals surface area contributed by atoms with Crippen molar-refractivity contribution in [2.45, 2.75) is 19.8 Å². The van der Waals surface area contributed by atoms with Crippen LogP contribution in [0.1, 0.15) is 19.8 Å². The molecule has 0 aromatic carbocycles. The van der Waals surface area contributed by atoms with Gasteiger partial charge in [0.05, 0.1) is 0 Å². The fourth-order valence-corrected chi connectivity index (χ4v) is 1.29. The van der Waals surface area contributed by atoms with Gasteiger partial charge >= 0.3 is 0 Å². The molecule has 0 spiro atoms. The Morgan fingerprint density at radius 2 is 2.18 bits per heavy atom. The smallest absolute Gasteiger partial charge is 0.0159 e. The van der Waals surface area contributed by atoms with Crippen LogP contribution in [0.2, 0.25) is 0 Å². The first-order valence-electron chi connectivity index (χ1n) is 4.11. The summed E-state index contributed by atoms with van der Waals surface area (Å²) in [5.74, 6) is 1.29. The maximum absolute atomic E-state index is 3.82. The van der Waals surface area contributed by atoms with Gasteiger partial charge in [-0.15, -0.1) is 0 Å². The summed E-state index contributed by atoms with van der Waals surface area (Å²) < 4.78 is 0. The number of thioether (sulfide) groups is 1. The average Bonchev–Trinajstić information content (AvgIpc) is 1.96. The van der Waals surface area contributed by atoms with Gasteiger partial charge in [-0.05, 0) is 38.3 Å². The lowest BCUT2D eigenvalue weighted by molar-refractivity contribution is 0.675. The minimum Gasteiger partial charge on any atom is -0.313 e. The molecule has 0 atom stereocenters. The van der Waals surface area contributed by atoms with E-state index >= 15 is 0 Å². The molecule has 0 aromatic rings. The third-order valence-corrected chi connectivity index (χ3v) is 2.08. The molecule has 0 unspecified atom stereocenters. The third kappa shape index (κ3) is 10.1. The van der Waals surface area contributed by atoms with Crippen molar-refractivity contribution in [2.75, 3.05) is 25.1 Å². The average molecular weight is 173 g/mol. The molecule has 0 bridgehead atoms. The molecule has 0 rings (SSSR count). The van der Waals surface area contributed by atoms with Gasteiger partial charge in [0.1, 0.15) is 0 Å². The Morgan fingerprint density at radius 1 is 1.45 bits per heavy atom. The maximum Gasteiger partial charge on any atom is 0.0159 e. The summed E-state index contributed by atoms with van der Waals surface area (Å²) in [6, 6.07) is 0. The summed E-state index contributed by atoms with van der Waals surface area (Å²) in [6.07, 6.45) is 4.76. The highest BCUT2D eigenvalue weighted by Gasteiger charge is 1.87. The van der Waals surface area contributed by atoms with Crippen molar-refractivity contribution >= 4 is 11.8 Å². The molecular formula is C9H19NS. The van der Waals surface area contributed by atoms with Crippen LogP contribution in [-0.4, -0.2) is 25.1 Å². The molecule has 0 aliphatic heterocycles. The molecule has 0 saturated heterocycles. The van der Waals surface area contributed by atoms with Crippen molar-refractivity contribution in [1.82, 2.24) is 5.32 Å². The zero-order chi connectivity index (χ0) is 8.53. The van der Waals surface area contributed by atoms with Crippen LogP contribution in [0.25, 0.3) is 0 Å². The highest BCUT2D eigenvalue weighted by Crippen LogP contribution is 1.97. The maximum atomic E-state index is 3.82. The summed E-state index contributed by atoms with van der Waals surface area (Å²) in [6.45, 7) is 7.98. The van der Waals surface area contributed by atoms with Gasteiger partial charge in [-0.3, -0.25) is 0 Å². The normalized spacial score (nSPS) is 10.0. The van der Waals surface area contributed by atoms with Crippen LogP contribution in [0.15, 0.2) is 12.2 Å². The van der Waals surface area contributed by atoms with Gasteiger partial charge in [0.25, 0.3) is 0 Å². The Labute approximate surface area is 74.6 Å². The van der Waals surface area contributed by atoms with Gasteiger partial charge in [0.2, 0.25) is 0 Å². The molecule has 0 saturated carbocycles. The summed E-state index contributed by atoms with van der Waals surface area (Å²) in [5.41, 5.74) is 1.22. The van der Waals surface area contributed by atoms with E-state index in [9.17, 15) is 0 Å². The quantitative estimate of drug-likeness (QED) is 0.468. The summed E-state index contributed by atoms with van der Waals surface area (Å²) in [7, 11) is 0. The molecule has 0 aliphatic carbocycles. The predicted molar refractivity (Wildman–Crippen MR) is 55.3 cm³/mol. The molecule has 0 fully saturated rings. The fraction of sp³-hybridized carbons (Fsp3) is 0.778. The van der Waals surface area contributed by atoms with E-state index in [2.05, 4.69) is 25.1 Å². The molecule has 1 N–H and O–H groups in total. The van der Waals surface area contributed by atoms with Crippen molar-refractivity contribution in [3.63, 3.8) is 0 Å². The number of rotatable bonds is 7. The molecular weight excluding hydrogens is 154 g/mol. The standard InChI is InChI=1S/C9H19NS/c1-9(2)8-10-6-4-5-7-11-3/h10H,1,4-8H2,2-3H3. The molecule has 0 radical (unpaired) electrons. The Morgan fingerprint density at radius 3 is 2.73 bits per heavy atom. The summed E-state index contributed by atoms with van der Waals surface area (Å²) in [4.78, 5) is 0. The topological polar surface area (TPSA) is 12.0 Å². The Balaban J connectivity index is 2.85. The highest BCUT2D eigenvalue weighted by molar-refractivity contribution is 7.98. The molecule has 0 aromatic heterocycles. The number of hydrogen-bond acceptors (Lipinski definition) is 2. The van der Waals surface area contributed by atoms with Crippen LogP contribution in [0.5, 0.6) is 0 Å². The van der Waals surface area contributed by atoms with E-state index < -0.39 is 0 Å². The predicted octanol–water partition coefficient (Wildman–Crippen LogP) is 2.30. The zero-order valence-corrected chi connectivity index (χ0v) is 8.47. The first kappa shape index (κ1) is 11.1. The second-order valence-corrected chi connectivity index (χ2v) is 3.82. The molecule has 2 heteroatoms. The minimum absolute atomic E-state index is 0.971. The largest absolute Gasteiger partial charge is 0.313 e. The van der Waals surface area contributed by atoms with Gasteiger partial charge in [-0.1, -0.05) is 12.2 Å². The van der Waals surface area contributed by atoms with E-state index in [4.69, 9.17) is 0 Å². The molecule has 0 heterocycles. The van der Waals surface area contributed by atoms with E-state index in [1.54, 1.807) is 0 Å². The first-order valence-corrected chi connectivity index (χ1v) is 5.50.